The fourth-order valence-corrected chi connectivity index (χ4v) is 6.38. The van der Waals surface area contributed by atoms with E-state index in [2.05, 4.69) is 27.7 Å². The maximum atomic E-state index is 12.1. The van der Waals surface area contributed by atoms with Crippen LogP contribution in [0, 0.1) is 17.3 Å². The third kappa shape index (κ3) is 7.34. The van der Waals surface area contributed by atoms with Gasteiger partial charge in [0.2, 0.25) is 0 Å². The zero-order valence-corrected chi connectivity index (χ0v) is 25.4. The van der Waals surface area contributed by atoms with E-state index in [9.17, 15) is 9.90 Å². The quantitative estimate of drug-likeness (QED) is 0.422. The molecular weight excluding hydrogens is 504 g/mol. The number of hydrogen-bond donors (Lipinski definition) is 1. The molecule has 0 aromatic carbocycles. The summed E-state index contributed by atoms with van der Waals surface area (Å²) in [4.78, 5) is 12.1. The lowest BCUT2D eigenvalue weighted by molar-refractivity contribution is -0.263. The third-order valence-corrected chi connectivity index (χ3v) is 8.32. The molecule has 9 nitrogen and oxygen atoms in total. The van der Waals surface area contributed by atoms with Crippen LogP contribution >= 0.6 is 0 Å². The molecule has 0 amide bonds. The van der Waals surface area contributed by atoms with Crippen LogP contribution in [0.4, 0.5) is 0 Å². The highest BCUT2D eigenvalue weighted by Gasteiger charge is 2.58. The summed E-state index contributed by atoms with van der Waals surface area (Å²) < 4.78 is 43.6. The minimum Gasteiger partial charge on any atom is -0.465 e. The monoisotopic (exact) mass is 556 g/mol. The number of fused-ring (bicyclic) bond motifs is 2. The first-order chi connectivity index (χ1) is 18.2. The topological polar surface area (TPSA) is 102 Å². The second-order valence-corrected chi connectivity index (χ2v) is 14.0. The van der Waals surface area contributed by atoms with Crippen molar-refractivity contribution in [2.24, 2.45) is 17.3 Å². The van der Waals surface area contributed by atoms with E-state index in [0.29, 0.717) is 37.9 Å². The first-order valence-corrected chi connectivity index (χ1v) is 14.9. The van der Waals surface area contributed by atoms with Gasteiger partial charge in [0.05, 0.1) is 49.1 Å². The predicted octanol–water partition coefficient (Wildman–Crippen LogP) is 4.02. The maximum absolute atomic E-state index is 12.1. The number of esters is 1. The second kappa shape index (κ2) is 12.2. The van der Waals surface area contributed by atoms with Gasteiger partial charge in [-0.3, -0.25) is 4.79 Å². The van der Waals surface area contributed by atoms with Crippen molar-refractivity contribution in [1.82, 2.24) is 0 Å². The summed E-state index contributed by atoms with van der Waals surface area (Å²) in [7, 11) is 0. The van der Waals surface area contributed by atoms with E-state index in [1.165, 1.54) is 0 Å². The molecule has 0 unspecified atom stereocenters. The van der Waals surface area contributed by atoms with Crippen LogP contribution in [-0.4, -0.2) is 91.1 Å². The molecular formula is C30H52O9. The summed E-state index contributed by atoms with van der Waals surface area (Å²) in [6.45, 7) is 18.8. The smallest absolute Gasteiger partial charge is 0.311 e. The Morgan fingerprint density at radius 2 is 1.67 bits per heavy atom. The molecule has 4 aliphatic rings. The van der Waals surface area contributed by atoms with Crippen LogP contribution in [0.2, 0.25) is 0 Å². The summed E-state index contributed by atoms with van der Waals surface area (Å²) in [5.41, 5.74) is -0.536. The van der Waals surface area contributed by atoms with E-state index < -0.39 is 35.6 Å². The highest BCUT2D eigenvalue weighted by Crippen LogP contribution is 2.43. The van der Waals surface area contributed by atoms with Gasteiger partial charge >= 0.3 is 5.97 Å². The van der Waals surface area contributed by atoms with Crippen molar-refractivity contribution < 1.29 is 43.1 Å². The molecule has 0 radical (unpaired) electrons. The molecule has 0 spiro atoms. The van der Waals surface area contributed by atoms with E-state index >= 15 is 0 Å². The van der Waals surface area contributed by atoms with Crippen LogP contribution in [-0.2, 0) is 38.0 Å². The number of aliphatic hydroxyl groups excluding tert-OH is 1. The van der Waals surface area contributed by atoms with Crippen LogP contribution in [0.15, 0.2) is 0 Å². The number of carbonyl (C=O) groups excluding carboxylic acids is 1. The van der Waals surface area contributed by atoms with Gasteiger partial charge in [-0.25, -0.2) is 0 Å². The Balaban J connectivity index is 1.43. The van der Waals surface area contributed by atoms with Crippen LogP contribution in [0.3, 0.4) is 0 Å². The molecule has 4 rings (SSSR count). The minimum absolute atomic E-state index is 0.0262. The maximum Gasteiger partial charge on any atom is 0.311 e. The third-order valence-electron chi connectivity index (χ3n) is 8.32. The highest BCUT2D eigenvalue weighted by atomic mass is 16.7. The van der Waals surface area contributed by atoms with Crippen molar-refractivity contribution in [1.29, 1.82) is 0 Å². The lowest BCUT2D eigenvalue weighted by atomic mass is 9.87. The molecule has 9 atom stereocenters. The van der Waals surface area contributed by atoms with Crippen LogP contribution in [0.5, 0.6) is 0 Å². The fourth-order valence-electron chi connectivity index (χ4n) is 6.38. The van der Waals surface area contributed by atoms with Gasteiger partial charge in [-0.2, -0.15) is 0 Å². The molecule has 4 heterocycles. The minimum atomic E-state index is -0.849. The molecule has 0 bridgehead atoms. The van der Waals surface area contributed by atoms with E-state index in [1.54, 1.807) is 0 Å². The number of aliphatic hydroxyl groups is 1. The molecule has 4 fully saturated rings. The van der Waals surface area contributed by atoms with Gasteiger partial charge in [0.1, 0.15) is 30.5 Å². The van der Waals surface area contributed by atoms with Crippen molar-refractivity contribution in [3.8, 4) is 0 Å². The van der Waals surface area contributed by atoms with E-state index in [1.807, 2.05) is 34.6 Å². The first kappa shape index (κ1) is 31.1. The fraction of sp³-hybridized carbons (Fsp3) is 0.967. The van der Waals surface area contributed by atoms with Crippen molar-refractivity contribution in [2.45, 2.75) is 155 Å². The Kier molecular flexibility index (Phi) is 9.74. The van der Waals surface area contributed by atoms with Crippen molar-refractivity contribution in [3.05, 3.63) is 0 Å². The number of ether oxygens (including phenoxy) is 7. The van der Waals surface area contributed by atoms with Crippen LogP contribution in [0.1, 0.15) is 88.0 Å². The first-order valence-electron chi connectivity index (χ1n) is 14.9. The van der Waals surface area contributed by atoms with Gasteiger partial charge in [0.15, 0.2) is 5.79 Å². The summed E-state index contributed by atoms with van der Waals surface area (Å²) in [6, 6.07) is 0. The van der Waals surface area contributed by atoms with Crippen molar-refractivity contribution in [3.63, 3.8) is 0 Å². The van der Waals surface area contributed by atoms with E-state index in [0.717, 1.165) is 12.8 Å². The summed E-state index contributed by atoms with van der Waals surface area (Å²) in [6.07, 6.45) is -0.684. The van der Waals surface area contributed by atoms with Crippen molar-refractivity contribution in [2.75, 3.05) is 13.2 Å². The number of carbonyl (C=O) groups is 1. The summed E-state index contributed by atoms with van der Waals surface area (Å²) in [5, 5.41) is 11.5. The number of rotatable bonds is 9. The molecule has 226 valence electrons. The summed E-state index contributed by atoms with van der Waals surface area (Å²) in [5.74, 6) is -0.207. The van der Waals surface area contributed by atoms with Gasteiger partial charge in [0.25, 0.3) is 0 Å². The number of hydrogen-bond acceptors (Lipinski definition) is 9. The van der Waals surface area contributed by atoms with Crippen LogP contribution in [0.25, 0.3) is 0 Å². The standard InChI is InChI=1S/C30H52O9/c1-16(2)23(17(3)4)38-25-21(14-19-15-34-30(8,9)39-19)37-26-22(31)24-20(36-27(25)26)11-10-18(35-24)12-13-33-28(32)29(5,6)7/h16-27,31H,10-15H2,1-9H3/t18-,19-,20+,21-,22-,24+,25+,26+,27+/m1/s1. The molecule has 0 saturated carbocycles. The van der Waals surface area contributed by atoms with Gasteiger partial charge in [0, 0.05) is 12.8 Å². The Bertz CT molecular complexity index is 814. The van der Waals surface area contributed by atoms with E-state index in [-0.39, 0.29) is 42.6 Å². The Labute approximate surface area is 234 Å². The largest absolute Gasteiger partial charge is 0.465 e. The zero-order valence-electron chi connectivity index (χ0n) is 25.4. The molecule has 0 aromatic heterocycles. The lowest BCUT2D eigenvalue weighted by Gasteiger charge is -2.47. The van der Waals surface area contributed by atoms with Crippen molar-refractivity contribution >= 4 is 5.97 Å². The normalized spacial score (nSPS) is 38.3. The van der Waals surface area contributed by atoms with Gasteiger partial charge < -0.3 is 38.3 Å². The van der Waals surface area contributed by atoms with E-state index in [4.69, 9.17) is 33.2 Å². The average Bonchev–Trinajstić information content (AvgIpc) is 3.35. The Hall–Kier alpha value is -0.810. The Morgan fingerprint density at radius 3 is 2.26 bits per heavy atom. The second-order valence-electron chi connectivity index (χ2n) is 14.0. The molecule has 0 aliphatic carbocycles. The average molecular weight is 557 g/mol. The van der Waals surface area contributed by atoms with Gasteiger partial charge in [-0.15, -0.1) is 0 Å². The molecule has 0 aromatic rings. The van der Waals surface area contributed by atoms with Gasteiger partial charge in [-0.05, 0) is 59.3 Å². The molecule has 1 N–H and O–H groups in total. The zero-order chi connectivity index (χ0) is 28.7. The predicted molar refractivity (Wildman–Crippen MR) is 144 cm³/mol. The highest BCUT2D eigenvalue weighted by molar-refractivity contribution is 5.75. The van der Waals surface area contributed by atoms with Gasteiger partial charge in [-0.1, -0.05) is 27.7 Å². The van der Waals surface area contributed by atoms with Crippen LogP contribution < -0.4 is 0 Å². The summed E-state index contributed by atoms with van der Waals surface area (Å²) >= 11 is 0. The molecule has 4 saturated heterocycles. The Morgan fingerprint density at radius 1 is 0.974 bits per heavy atom. The molecule has 39 heavy (non-hydrogen) atoms. The molecule has 4 aliphatic heterocycles. The SMILES string of the molecule is CC(C)C(O[C@@H]1[C@@H]2O[C@H]3CC[C@H](CCOC(=O)C(C)(C)C)O[C@@H]3[C@@H](O)[C@@H]2O[C@@H]1C[C@@H]1COC(C)(C)O1)C(C)C. The lowest BCUT2D eigenvalue weighted by Crippen LogP contribution is -2.61. The molecule has 9 heteroatoms.